The molecule has 0 spiro atoms. The van der Waals surface area contributed by atoms with Crippen LogP contribution in [0, 0.1) is 10.1 Å². The molecule has 0 aromatic heterocycles. The van der Waals surface area contributed by atoms with Gasteiger partial charge in [-0.2, -0.15) is 0 Å². The third kappa shape index (κ3) is 3.01. The maximum absolute atomic E-state index is 11.6. The van der Waals surface area contributed by atoms with Gasteiger partial charge in [-0.15, -0.1) is 0 Å². The van der Waals surface area contributed by atoms with Crippen molar-refractivity contribution in [3.05, 3.63) is 58.1 Å². The number of hydrogen-bond acceptors (Lipinski definition) is 6. The van der Waals surface area contributed by atoms with Gasteiger partial charge in [0.2, 0.25) is 0 Å². The topological polar surface area (TPSA) is 116 Å². The van der Waals surface area contributed by atoms with Crippen LogP contribution in [0.4, 0.5) is 17.1 Å². The largest absolute Gasteiger partial charge is 0.477 e. The number of ether oxygens (including phenoxy) is 1. The summed E-state index contributed by atoms with van der Waals surface area (Å²) in [6.45, 7) is 1.37. The molecule has 3 rings (SSSR count). The number of ketones is 1. The van der Waals surface area contributed by atoms with Crippen LogP contribution in [-0.2, 0) is 4.79 Å². The van der Waals surface area contributed by atoms with Crippen molar-refractivity contribution in [1.29, 1.82) is 0 Å². The summed E-state index contributed by atoms with van der Waals surface area (Å²) in [6.07, 6.45) is -0.943. The highest BCUT2D eigenvalue weighted by Crippen LogP contribution is 2.41. The van der Waals surface area contributed by atoms with Gasteiger partial charge in [-0.05, 0) is 31.2 Å². The molecule has 0 aliphatic carbocycles. The number of para-hydroxylation sites is 2. The van der Waals surface area contributed by atoms with E-state index in [0.717, 1.165) is 0 Å². The Morgan fingerprint density at radius 3 is 2.60 bits per heavy atom. The van der Waals surface area contributed by atoms with Gasteiger partial charge in [0.15, 0.2) is 11.9 Å². The van der Waals surface area contributed by atoms with E-state index in [-0.39, 0.29) is 29.3 Å². The highest BCUT2D eigenvalue weighted by Gasteiger charge is 2.33. The van der Waals surface area contributed by atoms with E-state index in [9.17, 15) is 19.7 Å². The lowest BCUT2D eigenvalue weighted by Crippen LogP contribution is -2.45. The van der Waals surface area contributed by atoms with Gasteiger partial charge in [0.1, 0.15) is 11.4 Å². The quantitative estimate of drug-likeness (QED) is 0.518. The molecule has 0 saturated carbocycles. The van der Waals surface area contributed by atoms with Gasteiger partial charge in [0.25, 0.3) is 11.6 Å². The number of anilines is 2. The second-order valence-corrected chi connectivity index (χ2v) is 5.60. The van der Waals surface area contributed by atoms with Gasteiger partial charge < -0.3 is 15.4 Å². The summed E-state index contributed by atoms with van der Waals surface area (Å²) < 4.78 is 5.57. The molecular weight excluding hydrogens is 326 g/mol. The van der Waals surface area contributed by atoms with Gasteiger partial charge in [-0.3, -0.25) is 19.7 Å². The summed E-state index contributed by atoms with van der Waals surface area (Å²) in [6, 6.07) is 11.1. The normalized spacial score (nSPS) is 15.9. The zero-order valence-electron chi connectivity index (χ0n) is 13.3. The van der Waals surface area contributed by atoms with Crippen LogP contribution in [0.1, 0.15) is 17.3 Å². The number of nitro benzene ring substituents is 1. The SMILES string of the molecule is CC(=O)c1ccc(N2C[C@H](C(N)=O)Oc3ccccc32)c([N+](=O)[O-])c1. The Morgan fingerprint density at radius 1 is 1.24 bits per heavy atom. The molecule has 1 atom stereocenters. The number of nitro groups is 1. The number of nitrogens with zero attached hydrogens (tertiary/aromatic N) is 2. The maximum atomic E-state index is 11.6. The van der Waals surface area contributed by atoms with E-state index in [0.29, 0.717) is 11.4 Å². The summed E-state index contributed by atoms with van der Waals surface area (Å²) in [5, 5.41) is 11.5. The van der Waals surface area contributed by atoms with E-state index < -0.39 is 16.9 Å². The summed E-state index contributed by atoms with van der Waals surface area (Å²) in [5.74, 6) is -0.531. The van der Waals surface area contributed by atoms with Crippen molar-refractivity contribution in [3.8, 4) is 5.75 Å². The minimum Gasteiger partial charge on any atom is -0.477 e. The third-order valence-corrected chi connectivity index (χ3v) is 3.96. The number of benzene rings is 2. The lowest BCUT2D eigenvalue weighted by Gasteiger charge is -2.34. The van der Waals surface area contributed by atoms with Crippen LogP contribution >= 0.6 is 0 Å². The summed E-state index contributed by atoms with van der Waals surface area (Å²) in [7, 11) is 0. The van der Waals surface area contributed by atoms with Gasteiger partial charge in [-0.1, -0.05) is 12.1 Å². The minimum absolute atomic E-state index is 0.0343. The molecular formula is C17H15N3O5. The Kier molecular flexibility index (Phi) is 4.10. The van der Waals surface area contributed by atoms with Crippen molar-refractivity contribution < 1.29 is 19.2 Å². The number of primary amides is 1. The van der Waals surface area contributed by atoms with Gasteiger partial charge in [0.05, 0.1) is 17.2 Å². The number of carbonyl (C=O) groups is 2. The zero-order valence-corrected chi connectivity index (χ0v) is 13.3. The van der Waals surface area contributed by atoms with Crippen molar-refractivity contribution >= 4 is 28.8 Å². The molecule has 1 amide bonds. The highest BCUT2D eigenvalue weighted by atomic mass is 16.6. The molecule has 2 N–H and O–H groups in total. The molecule has 8 nitrogen and oxygen atoms in total. The average Bonchev–Trinajstić information content (AvgIpc) is 2.60. The lowest BCUT2D eigenvalue weighted by molar-refractivity contribution is -0.384. The summed E-state index contributed by atoms with van der Waals surface area (Å²) in [4.78, 5) is 35.7. The molecule has 2 aromatic rings. The van der Waals surface area contributed by atoms with E-state index in [4.69, 9.17) is 10.5 Å². The Bertz CT molecular complexity index is 880. The molecule has 0 saturated heterocycles. The zero-order chi connectivity index (χ0) is 18.1. The number of Topliss-reactive ketones (excluding diaryl/α,β-unsaturated/α-hetero) is 1. The first-order valence-corrected chi connectivity index (χ1v) is 7.50. The number of fused-ring (bicyclic) bond motifs is 1. The number of carbonyl (C=O) groups excluding carboxylic acids is 2. The number of hydrogen-bond donors (Lipinski definition) is 1. The highest BCUT2D eigenvalue weighted by molar-refractivity contribution is 5.96. The first kappa shape index (κ1) is 16.4. The molecule has 0 unspecified atom stereocenters. The van der Waals surface area contributed by atoms with Crippen LogP contribution in [0.5, 0.6) is 5.75 Å². The van der Waals surface area contributed by atoms with Crippen molar-refractivity contribution in [2.45, 2.75) is 13.0 Å². The first-order valence-electron chi connectivity index (χ1n) is 7.50. The monoisotopic (exact) mass is 341 g/mol. The Morgan fingerprint density at radius 2 is 1.96 bits per heavy atom. The minimum atomic E-state index is -0.943. The average molecular weight is 341 g/mol. The van der Waals surface area contributed by atoms with Gasteiger partial charge in [0, 0.05) is 11.6 Å². The second kappa shape index (κ2) is 6.23. The van der Waals surface area contributed by atoms with Crippen molar-refractivity contribution in [2.24, 2.45) is 5.73 Å². The van der Waals surface area contributed by atoms with E-state index in [1.165, 1.54) is 25.1 Å². The van der Waals surface area contributed by atoms with Crippen LogP contribution in [0.2, 0.25) is 0 Å². The Balaban J connectivity index is 2.16. The molecule has 1 aliphatic rings. The van der Waals surface area contributed by atoms with Crippen LogP contribution in [0.15, 0.2) is 42.5 Å². The smallest absolute Gasteiger partial charge is 0.293 e. The molecule has 1 heterocycles. The van der Waals surface area contributed by atoms with E-state index in [2.05, 4.69) is 0 Å². The molecule has 25 heavy (non-hydrogen) atoms. The van der Waals surface area contributed by atoms with Gasteiger partial charge >= 0.3 is 0 Å². The van der Waals surface area contributed by atoms with E-state index >= 15 is 0 Å². The first-order chi connectivity index (χ1) is 11.9. The van der Waals surface area contributed by atoms with Crippen molar-refractivity contribution in [2.75, 3.05) is 11.4 Å². The number of rotatable bonds is 4. The Hall–Kier alpha value is -3.42. The molecule has 0 fully saturated rings. The fraction of sp³-hybridized carbons (Fsp3) is 0.176. The van der Waals surface area contributed by atoms with E-state index in [1.807, 2.05) is 0 Å². The molecule has 2 aromatic carbocycles. The van der Waals surface area contributed by atoms with Crippen molar-refractivity contribution in [3.63, 3.8) is 0 Å². The fourth-order valence-electron chi connectivity index (χ4n) is 2.73. The Labute approximate surface area is 142 Å². The fourth-order valence-corrected chi connectivity index (χ4v) is 2.73. The maximum Gasteiger partial charge on any atom is 0.293 e. The predicted molar refractivity (Wildman–Crippen MR) is 90.2 cm³/mol. The standard InChI is InChI=1S/C17H15N3O5/c1-10(21)11-6-7-12(14(8-11)20(23)24)19-9-16(17(18)22)25-15-5-3-2-4-13(15)19/h2-8,16H,9H2,1H3,(H2,18,22)/t16-/m1/s1. The predicted octanol–water partition coefficient (Wildman–Crippen LogP) is 2.18. The molecule has 0 bridgehead atoms. The second-order valence-electron chi connectivity index (χ2n) is 5.60. The molecule has 0 radical (unpaired) electrons. The number of amides is 1. The van der Waals surface area contributed by atoms with Crippen LogP contribution in [-0.4, -0.2) is 29.3 Å². The van der Waals surface area contributed by atoms with Crippen LogP contribution in [0.3, 0.4) is 0 Å². The van der Waals surface area contributed by atoms with Crippen LogP contribution < -0.4 is 15.4 Å². The molecule has 128 valence electrons. The summed E-state index contributed by atoms with van der Waals surface area (Å²) in [5.41, 5.74) is 6.21. The van der Waals surface area contributed by atoms with Gasteiger partial charge in [-0.25, -0.2) is 0 Å². The third-order valence-electron chi connectivity index (χ3n) is 3.96. The molecule has 8 heteroatoms. The lowest BCUT2D eigenvalue weighted by atomic mass is 10.1. The number of nitrogens with two attached hydrogens (primary N) is 1. The van der Waals surface area contributed by atoms with Crippen LogP contribution in [0.25, 0.3) is 0 Å². The van der Waals surface area contributed by atoms with Crippen molar-refractivity contribution in [1.82, 2.24) is 0 Å². The molecule has 1 aliphatic heterocycles. The summed E-state index contributed by atoms with van der Waals surface area (Å²) >= 11 is 0. The van der Waals surface area contributed by atoms with E-state index in [1.54, 1.807) is 29.2 Å².